The molecule has 0 aliphatic heterocycles. The Morgan fingerprint density at radius 3 is 2.78 bits per heavy atom. The van der Waals surface area contributed by atoms with E-state index in [1.54, 1.807) is 37.1 Å². The van der Waals surface area contributed by atoms with Gasteiger partial charge in [-0.25, -0.2) is 5.10 Å². The van der Waals surface area contributed by atoms with Crippen LogP contribution >= 0.6 is 0 Å². The molecular weight excluding hydrogens is 234 g/mol. The first-order valence-electron chi connectivity index (χ1n) is 5.35. The van der Waals surface area contributed by atoms with Crippen LogP contribution in [-0.4, -0.2) is 28.8 Å². The van der Waals surface area contributed by atoms with E-state index in [0.29, 0.717) is 17.0 Å². The Kier molecular flexibility index (Phi) is 2.22. The second-order valence-corrected chi connectivity index (χ2v) is 3.82. The van der Waals surface area contributed by atoms with Crippen LogP contribution in [0.1, 0.15) is 0 Å². The monoisotopic (exact) mass is 245 g/mol. The summed E-state index contributed by atoms with van der Waals surface area (Å²) in [5, 5.41) is 7.00. The van der Waals surface area contributed by atoms with Crippen LogP contribution in [0.15, 0.2) is 29.3 Å². The van der Waals surface area contributed by atoms with Crippen molar-refractivity contribution >= 4 is 16.4 Å². The van der Waals surface area contributed by atoms with E-state index in [9.17, 15) is 4.79 Å². The smallest absolute Gasteiger partial charge is 0.288 e. The molecule has 0 saturated heterocycles. The summed E-state index contributed by atoms with van der Waals surface area (Å²) in [6.45, 7) is 0. The summed E-state index contributed by atoms with van der Waals surface area (Å²) in [6, 6.07) is 5.43. The van der Waals surface area contributed by atoms with E-state index in [-0.39, 0.29) is 5.56 Å². The maximum Gasteiger partial charge on any atom is 0.288 e. The molecule has 0 unspecified atom stereocenters. The van der Waals surface area contributed by atoms with E-state index in [4.69, 9.17) is 9.47 Å². The summed E-state index contributed by atoms with van der Waals surface area (Å²) in [4.78, 5) is 11.7. The van der Waals surface area contributed by atoms with E-state index in [1.165, 1.54) is 0 Å². The number of nitrogens with one attached hydrogen (secondary N) is 1. The standard InChI is InChI=1S/C12H11N3O3/c1-17-10-4-3-8-7(11(10)18-2)5-9-12(16)14-13-6-15(8)9/h3-6H,1-2H3,(H,14,16). The zero-order valence-corrected chi connectivity index (χ0v) is 9.93. The van der Waals surface area contributed by atoms with Crippen molar-refractivity contribution in [1.29, 1.82) is 0 Å². The van der Waals surface area contributed by atoms with Gasteiger partial charge in [0.1, 0.15) is 11.8 Å². The Labute approximate surface area is 102 Å². The van der Waals surface area contributed by atoms with Crippen LogP contribution in [0.5, 0.6) is 11.5 Å². The van der Waals surface area contributed by atoms with E-state index >= 15 is 0 Å². The number of rotatable bonds is 2. The van der Waals surface area contributed by atoms with Crippen molar-refractivity contribution in [2.75, 3.05) is 14.2 Å². The maximum absolute atomic E-state index is 11.7. The molecule has 3 aromatic rings. The minimum absolute atomic E-state index is 0.241. The number of aromatic nitrogens is 3. The third kappa shape index (κ3) is 1.29. The number of nitrogens with zero attached hydrogens (tertiary/aromatic N) is 2. The second kappa shape index (κ2) is 3.76. The first-order chi connectivity index (χ1) is 8.76. The normalized spacial score (nSPS) is 11.0. The number of H-pyrrole nitrogens is 1. The molecule has 0 fully saturated rings. The molecule has 0 saturated carbocycles. The minimum atomic E-state index is -0.241. The number of methoxy groups -OCH3 is 2. The van der Waals surface area contributed by atoms with Gasteiger partial charge in [0.15, 0.2) is 11.5 Å². The molecule has 0 spiro atoms. The molecule has 0 atom stereocenters. The molecule has 18 heavy (non-hydrogen) atoms. The molecule has 0 aliphatic rings. The van der Waals surface area contributed by atoms with E-state index < -0.39 is 0 Å². The highest BCUT2D eigenvalue weighted by Crippen LogP contribution is 2.36. The summed E-state index contributed by atoms with van der Waals surface area (Å²) in [5.41, 5.74) is 1.13. The van der Waals surface area contributed by atoms with Gasteiger partial charge in [-0.2, -0.15) is 5.10 Å². The predicted octanol–water partition coefficient (Wildman–Crippen LogP) is 1.19. The Bertz CT molecular complexity index is 788. The molecule has 6 nitrogen and oxygen atoms in total. The zero-order chi connectivity index (χ0) is 12.7. The Hall–Kier alpha value is -2.50. The summed E-state index contributed by atoms with van der Waals surface area (Å²) >= 11 is 0. The summed E-state index contributed by atoms with van der Waals surface area (Å²) in [6.07, 6.45) is 1.56. The number of aromatic amines is 1. The van der Waals surface area contributed by atoms with Crippen LogP contribution in [0.25, 0.3) is 16.4 Å². The quantitative estimate of drug-likeness (QED) is 0.736. The van der Waals surface area contributed by atoms with Gasteiger partial charge in [0.05, 0.1) is 19.7 Å². The van der Waals surface area contributed by atoms with Crippen LogP contribution in [0.4, 0.5) is 0 Å². The molecule has 92 valence electrons. The summed E-state index contributed by atoms with van der Waals surface area (Å²) in [7, 11) is 3.15. The fraction of sp³-hybridized carbons (Fsp3) is 0.167. The van der Waals surface area contributed by atoms with Gasteiger partial charge in [0, 0.05) is 5.39 Å². The van der Waals surface area contributed by atoms with Gasteiger partial charge < -0.3 is 9.47 Å². The van der Waals surface area contributed by atoms with Crippen LogP contribution < -0.4 is 15.0 Å². The van der Waals surface area contributed by atoms with Crippen LogP contribution in [0.3, 0.4) is 0 Å². The third-order valence-corrected chi connectivity index (χ3v) is 2.93. The lowest BCUT2D eigenvalue weighted by Gasteiger charge is -2.08. The Morgan fingerprint density at radius 1 is 1.22 bits per heavy atom. The lowest BCUT2D eigenvalue weighted by molar-refractivity contribution is 0.358. The van der Waals surface area contributed by atoms with Crippen molar-refractivity contribution in [3.63, 3.8) is 0 Å². The highest BCUT2D eigenvalue weighted by atomic mass is 16.5. The first kappa shape index (κ1) is 10.6. The number of hydrogen-bond acceptors (Lipinski definition) is 4. The Balaban J connectivity index is 2.53. The number of fused-ring (bicyclic) bond motifs is 3. The van der Waals surface area contributed by atoms with Crippen molar-refractivity contribution in [2.24, 2.45) is 0 Å². The molecule has 3 rings (SSSR count). The molecule has 1 N–H and O–H groups in total. The second-order valence-electron chi connectivity index (χ2n) is 3.82. The van der Waals surface area contributed by atoms with Crippen LogP contribution in [-0.2, 0) is 0 Å². The molecule has 6 heteroatoms. The average molecular weight is 245 g/mol. The van der Waals surface area contributed by atoms with Crippen LogP contribution in [0, 0.1) is 0 Å². The van der Waals surface area contributed by atoms with E-state index in [2.05, 4.69) is 10.2 Å². The van der Waals surface area contributed by atoms with Gasteiger partial charge in [-0.05, 0) is 18.2 Å². The first-order valence-corrected chi connectivity index (χ1v) is 5.35. The maximum atomic E-state index is 11.7. The third-order valence-electron chi connectivity index (χ3n) is 2.93. The Morgan fingerprint density at radius 2 is 2.06 bits per heavy atom. The molecule has 0 radical (unpaired) electrons. The predicted molar refractivity (Wildman–Crippen MR) is 66.4 cm³/mol. The van der Waals surface area contributed by atoms with Gasteiger partial charge in [0.25, 0.3) is 5.56 Å². The molecular formula is C12H11N3O3. The van der Waals surface area contributed by atoms with Crippen molar-refractivity contribution in [2.45, 2.75) is 0 Å². The zero-order valence-electron chi connectivity index (χ0n) is 9.93. The van der Waals surface area contributed by atoms with Crippen LogP contribution in [0.2, 0.25) is 0 Å². The summed E-state index contributed by atoms with van der Waals surface area (Å²) in [5.74, 6) is 1.24. The van der Waals surface area contributed by atoms with Crippen molar-refractivity contribution < 1.29 is 9.47 Å². The molecule has 0 bridgehead atoms. The van der Waals surface area contributed by atoms with Crippen molar-refractivity contribution in [3.05, 3.63) is 34.9 Å². The van der Waals surface area contributed by atoms with Gasteiger partial charge >= 0.3 is 0 Å². The van der Waals surface area contributed by atoms with Gasteiger partial charge in [0.2, 0.25) is 0 Å². The fourth-order valence-electron chi connectivity index (χ4n) is 2.13. The fourth-order valence-corrected chi connectivity index (χ4v) is 2.13. The van der Waals surface area contributed by atoms with E-state index in [0.717, 1.165) is 10.9 Å². The molecule has 2 aromatic heterocycles. The topological polar surface area (TPSA) is 68.6 Å². The minimum Gasteiger partial charge on any atom is -0.493 e. The van der Waals surface area contributed by atoms with Crippen molar-refractivity contribution in [1.82, 2.24) is 14.6 Å². The lowest BCUT2D eigenvalue weighted by atomic mass is 10.2. The number of hydrogen-bond donors (Lipinski definition) is 1. The largest absolute Gasteiger partial charge is 0.493 e. The highest BCUT2D eigenvalue weighted by Gasteiger charge is 2.13. The number of benzene rings is 1. The average Bonchev–Trinajstić information content (AvgIpc) is 2.77. The molecule has 2 heterocycles. The highest BCUT2D eigenvalue weighted by molar-refractivity contribution is 5.93. The lowest BCUT2D eigenvalue weighted by Crippen LogP contribution is -2.09. The molecule has 1 aromatic carbocycles. The molecule has 0 aliphatic carbocycles. The molecule has 0 amide bonds. The van der Waals surface area contributed by atoms with Gasteiger partial charge in [-0.3, -0.25) is 9.20 Å². The van der Waals surface area contributed by atoms with E-state index in [1.807, 2.05) is 6.07 Å². The van der Waals surface area contributed by atoms with Crippen molar-refractivity contribution in [3.8, 4) is 11.5 Å². The van der Waals surface area contributed by atoms with Gasteiger partial charge in [-0.1, -0.05) is 0 Å². The van der Waals surface area contributed by atoms with Gasteiger partial charge in [-0.15, -0.1) is 0 Å². The number of ether oxygens (including phenoxy) is 2. The summed E-state index contributed by atoms with van der Waals surface area (Å²) < 4.78 is 12.3. The SMILES string of the molecule is COc1ccc2c(cc3c(=O)[nH]ncn32)c1OC.